The summed E-state index contributed by atoms with van der Waals surface area (Å²) in [5.74, 6) is 0.894. The lowest BCUT2D eigenvalue weighted by molar-refractivity contribution is -0.0177. The van der Waals surface area contributed by atoms with E-state index < -0.39 is 0 Å². The van der Waals surface area contributed by atoms with Crippen LogP contribution in [0.3, 0.4) is 0 Å². The summed E-state index contributed by atoms with van der Waals surface area (Å²) in [6, 6.07) is 0. The largest absolute Gasteiger partial charge is 0.308 e. The van der Waals surface area contributed by atoms with Crippen molar-refractivity contribution in [2.75, 3.05) is 13.1 Å². The van der Waals surface area contributed by atoms with Crippen molar-refractivity contribution >= 4 is 11.3 Å². The third kappa shape index (κ3) is 2.66. The number of nitrogens with zero attached hydrogens (tertiary/aromatic N) is 2. The highest BCUT2D eigenvalue weighted by Gasteiger charge is 2.51. The van der Waals surface area contributed by atoms with Crippen molar-refractivity contribution in [1.82, 2.24) is 15.2 Å². The minimum absolute atomic E-state index is 0.342. The molecule has 3 fully saturated rings. The molecule has 1 aliphatic heterocycles. The first kappa shape index (κ1) is 14.2. The summed E-state index contributed by atoms with van der Waals surface area (Å²) in [6.07, 6.45) is 11.7. The second-order valence-corrected chi connectivity index (χ2v) is 8.59. The molecule has 116 valence electrons. The highest BCUT2D eigenvalue weighted by molar-refractivity contribution is 7.09. The Balaban J connectivity index is 1.56. The van der Waals surface area contributed by atoms with Crippen LogP contribution in [-0.2, 0) is 6.54 Å². The van der Waals surface area contributed by atoms with E-state index in [1.54, 1.807) is 0 Å². The van der Waals surface area contributed by atoms with Gasteiger partial charge in [0.05, 0.1) is 6.54 Å². The third-order valence-corrected chi connectivity index (χ3v) is 6.88. The number of rotatable bonds is 3. The molecular weight excluding hydrogens is 278 g/mol. The lowest BCUT2D eigenvalue weighted by Gasteiger charge is -2.55. The maximum atomic E-state index is 4.55. The van der Waals surface area contributed by atoms with Crippen LogP contribution in [0.5, 0.6) is 0 Å². The number of nitrogens with one attached hydrogen (secondary N) is 1. The predicted octanol–water partition coefficient (Wildman–Crippen LogP) is 3.42. The van der Waals surface area contributed by atoms with Crippen LogP contribution in [0.25, 0.3) is 0 Å². The maximum Gasteiger partial charge on any atom is 0.107 e. The van der Waals surface area contributed by atoms with Gasteiger partial charge in [-0.1, -0.05) is 19.3 Å². The first-order chi connectivity index (χ1) is 10.2. The van der Waals surface area contributed by atoms with Crippen LogP contribution in [0, 0.1) is 5.92 Å². The van der Waals surface area contributed by atoms with Gasteiger partial charge >= 0.3 is 0 Å². The summed E-state index contributed by atoms with van der Waals surface area (Å²) < 4.78 is 0. The molecule has 1 unspecified atom stereocenters. The molecule has 1 N–H and O–H groups in total. The minimum atomic E-state index is 0.342. The Bertz CT molecular complexity index is 476. The van der Waals surface area contributed by atoms with Crippen molar-refractivity contribution in [3.8, 4) is 0 Å². The summed E-state index contributed by atoms with van der Waals surface area (Å²) in [4.78, 5) is 7.33. The van der Waals surface area contributed by atoms with E-state index in [1.807, 2.05) is 17.5 Å². The van der Waals surface area contributed by atoms with Gasteiger partial charge in [-0.05, 0) is 38.5 Å². The van der Waals surface area contributed by atoms with Gasteiger partial charge in [0.25, 0.3) is 0 Å². The Morgan fingerprint density at radius 1 is 1.33 bits per heavy atom. The van der Waals surface area contributed by atoms with E-state index in [4.69, 9.17) is 0 Å². The van der Waals surface area contributed by atoms with E-state index in [0.717, 1.165) is 12.5 Å². The zero-order chi connectivity index (χ0) is 14.3. The van der Waals surface area contributed by atoms with Gasteiger partial charge in [-0.25, -0.2) is 4.98 Å². The molecule has 0 radical (unpaired) electrons. The van der Waals surface area contributed by atoms with Crippen LogP contribution in [0.15, 0.2) is 11.6 Å². The van der Waals surface area contributed by atoms with Crippen molar-refractivity contribution in [1.29, 1.82) is 0 Å². The molecule has 1 atom stereocenters. The van der Waals surface area contributed by atoms with E-state index in [1.165, 1.54) is 63.0 Å². The molecule has 2 aliphatic carbocycles. The summed E-state index contributed by atoms with van der Waals surface area (Å²) in [5, 5.41) is 7.40. The van der Waals surface area contributed by atoms with E-state index in [-0.39, 0.29) is 0 Å². The molecule has 1 spiro atoms. The number of hydrogen-bond acceptors (Lipinski definition) is 4. The molecule has 1 saturated heterocycles. The van der Waals surface area contributed by atoms with Crippen LogP contribution >= 0.6 is 11.3 Å². The Morgan fingerprint density at radius 2 is 2.14 bits per heavy atom. The molecule has 0 aromatic carbocycles. The first-order valence-corrected chi connectivity index (χ1v) is 9.47. The summed E-state index contributed by atoms with van der Waals surface area (Å²) in [6.45, 7) is 5.93. The third-order valence-electron chi connectivity index (χ3n) is 6.11. The van der Waals surface area contributed by atoms with Crippen molar-refractivity contribution < 1.29 is 0 Å². The van der Waals surface area contributed by atoms with Crippen LogP contribution in [0.2, 0.25) is 0 Å². The molecule has 1 aromatic heterocycles. The molecule has 3 nitrogen and oxygen atoms in total. The molecule has 4 rings (SSSR count). The average molecular weight is 305 g/mol. The van der Waals surface area contributed by atoms with Gasteiger partial charge < -0.3 is 5.32 Å². The van der Waals surface area contributed by atoms with Crippen molar-refractivity contribution in [3.05, 3.63) is 16.6 Å². The van der Waals surface area contributed by atoms with Crippen LogP contribution in [0.4, 0.5) is 0 Å². The van der Waals surface area contributed by atoms with Gasteiger partial charge in [0.2, 0.25) is 0 Å². The van der Waals surface area contributed by atoms with Crippen molar-refractivity contribution in [2.24, 2.45) is 5.92 Å². The lowest BCUT2D eigenvalue weighted by atomic mass is 9.76. The minimum Gasteiger partial charge on any atom is -0.308 e. The fourth-order valence-electron chi connectivity index (χ4n) is 4.48. The monoisotopic (exact) mass is 305 g/mol. The average Bonchev–Trinajstić information content (AvgIpc) is 3.24. The SMILES string of the molecule is CC1(C2CC2)CNC2(CCCCC2)CN1Cc1nccs1. The van der Waals surface area contributed by atoms with Gasteiger partial charge in [0.1, 0.15) is 5.01 Å². The summed E-state index contributed by atoms with van der Waals surface area (Å²) >= 11 is 1.81. The highest BCUT2D eigenvalue weighted by Crippen LogP contribution is 2.47. The maximum absolute atomic E-state index is 4.55. The molecule has 3 aliphatic rings. The Hall–Kier alpha value is -0.450. The van der Waals surface area contributed by atoms with Crippen LogP contribution < -0.4 is 5.32 Å². The molecule has 0 bridgehead atoms. The number of hydrogen-bond donors (Lipinski definition) is 1. The molecule has 2 saturated carbocycles. The molecule has 2 heterocycles. The Kier molecular flexibility index (Phi) is 3.59. The topological polar surface area (TPSA) is 28.2 Å². The summed E-state index contributed by atoms with van der Waals surface area (Å²) in [7, 11) is 0. The summed E-state index contributed by atoms with van der Waals surface area (Å²) in [5.41, 5.74) is 0.734. The fraction of sp³-hybridized carbons (Fsp3) is 0.824. The molecular formula is C17H27N3S. The van der Waals surface area contributed by atoms with E-state index >= 15 is 0 Å². The second-order valence-electron chi connectivity index (χ2n) is 7.61. The standard InChI is InChI=1S/C17H27N3S/c1-16(14-5-6-14)12-19-17(7-3-2-4-8-17)13-20(16)11-15-18-9-10-21-15/h9-10,14,19H,2-8,11-13H2,1H3. The van der Waals surface area contributed by atoms with Gasteiger partial charge in [0.15, 0.2) is 0 Å². The smallest absolute Gasteiger partial charge is 0.107 e. The predicted molar refractivity (Wildman–Crippen MR) is 87.5 cm³/mol. The first-order valence-electron chi connectivity index (χ1n) is 8.59. The van der Waals surface area contributed by atoms with E-state index in [2.05, 4.69) is 27.5 Å². The van der Waals surface area contributed by atoms with Gasteiger partial charge in [-0.15, -0.1) is 11.3 Å². The van der Waals surface area contributed by atoms with Crippen molar-refractivity contribution in [2.45, 2.75) is 69.5 Å². The normalized spacial score (nSPS) is 33.4. The number of aromatic nitrogens is 1. The van der Waals surface area contributed by atoms with Gasteiger partial charge in [-0.3, -0.25) is 4.90 Å². The number of thiazole rings is 1. The van der Waals surface area contributed by atoms with Crippen LogP contribution in [0.1, 0.15) is 56.9 Å². The fourth-order valence-corrected chi connectivity index (χ4v) is 5.11. The second kappa shape index (κ2) is 5.32. The van der Waals surface area contributed by atoms with Gasteiger partial charge in [-0.2, -0.15) is 0 Å². The molecule has 21 heavy (non-hydrogen) atoms. The molecule has 0 amide bonds. The van der Waals surface area contributed by atoms with E-state index in [9.17, 15) is 0 Å². The Morgan fingerprint density at radius 3 is 2.81 bits per heavy atom. The van der Waals surface area contributed by atoms with E-state index in [0.29, 0.717) is 11.1 Å². The Labute approximate surface area is 132 Å². The quantitative estimate of drug-likeness (QED) is 0.927. The zero-order valence-corrected chi connectivity index (χ0v) is 13.9. The molecule has 1 aromatic rings. The zero-order valence-electron chi connectivity index (χ0n) is 13.1. The van der Waals surface area contributed by atoms with Gasteiger partial charge in [0, 0.05) is 35.7 Å². The molecule has 4 heteroatoms. The highest BCUT2D eigenvalue weighted by atomic mass is 32.1. The van der Waals surface area contributed by atoms with Crippen LogP contribution in [-0.4, -0.2) is 34.1 Å². The number of piperazine rings is 1. The van der Waals surface area contributed by atoms with Crippen molar-refractivity contribution in [3.63, 3.8) is 0 Å². The lowest BCUT2D eigenvalue weighted by Crippen LogP contribution is -2.69.